The zero-order valence-electron chi connectivity index (χ0n) is 9.37. The van der Waals surface area contributed by atoms with Crippen LogP contribution < -0.4 is 4.90 Å². The molecule has 15 heavy (non-hydrogen) atoms. The van der Waals surface area contributed by atoms with Crippen LogP contribution in [0.2, 0.25) is 0 Å². The molecule has 0 aliphatic rings. The van der Waals surface area contributed by atoms with Gasteiger partial charge in [0, 0.05) is 6.42 Å². The second-order valence-electron chi connectivity index (χ2n) is 3.50. The van der Waals surface area contributed by atoms with Crippen LogP contribution in [-0.2, 0) is 4.79 Å². The number of nitrogens with one attached hydrogen (secondary N) is 1. The molecule has 80 valence electrons. The number of rotatable bonds is 2. The molecule has 0 heterocycles. The van der Waals surface area contributed by atoms with Crippen LogP contribution in [0.4, 0.5) is 5.69 Å². The molecule has 1 rings (SSSR count). The highest BCUT2D eigenvalue weighted by molar-refractivity contribution is 6.14. The lowest BCUT2D eigenvalue weighted by atomic mass is 10.2. The Bertz CT molecular complexity index is 368. The second kappa shape index (κ2) is 4.73. The monoisotopic (exact) mass is 204 g/mol. The molecule has 0 spiro atoms. The topological polar surface area (TPSA) is 44.2 Å². The van der Waals surface area contributed by atoms with Crippen LogP contribution in [-0.4, -0.2) is 11.7 Å². The third-order valence-electron chi connectivity index (χ3n) is 2.18. The fourth-order valence-electron chi connectivity index (χ4n) is 1.38. The van der Waals surface area contributed by atoms with Crippen molar-refractivity contribution in [3.8, 4) is 0 Å². The Balaban J connectivity index is 3.04. The standard InChI is InChI=1S/C12H16N2O/c1-4-12(15)14(10(3)13)11-7-5-9(2)6-8-11/h5-8,13H,4H2,1-3H3. The minimum absolute atomic E-state index is 0.0497. The van der Waals surface area contributed by atoms with Crippen molar-refractivity contribution in [3.05, 3.63) is 29.8 Å². The number of nitrogens with zero attached hydrogens (tertiary/aromatic N) is 1. The number of hydrogen-bond donors (Lipinski definition) is 1. The van der Waals surface area contributed by atoms with Gasteiger partial charge in [-0.25, -0.2) is 0 Å². The summed E-state index contributed by atoms with van der Waals surface area (Å²) in [6, 6.07) is 7.60. The number of carbonyl (C=O) groups is 1. The number of carbonyl (C=O) groups excluding carboxylic acids is 1. The summed E-state index contributed by atoms with van der Waals surface area (Å²) in [5.74, 6) is 0.206. The molecule has 0 bridgehead atoms. The zero-order valence-corrected chi connectivity index (χ0v) is 9.37. The van der Waals surface area contributed by atoms with E-state index in [0.29, 0.717) is 6.42 Å². The summed E-state index contributed by atoms with van der Waals surface area (Å²) in [5, 5.41) is 7.58. The van der Waals surface area contributed by atoms with E-state index < -0.39 is 0 Å². The highest BCUT2D eigenvalue weighted by Crippen LogP contribution is 2.16. The molecule has 0 unspecified atom stereocenters. The Morgan fingerprint density at radius 1 is 1.33 bits per heavy atom. The Kier molecular flexibility index (Phi) is 3.61. The Labute approximate surface area is 90.2 Å². The zero-order chi connectivity index (χ0) is 11.4. The molecule has 0 aliphatic carbocycles. The van der Waals surface area contributed by atoms with Crippen molar-refractivity contribution in [1.29, 1.82) is 5.41 Å². The first kappa shape index (κ1) is 11.4. The molecule has 0 radical (unpaired) electrons. The number of aryl methyl sites for hydroxylation is 1. The number of anilines is 1. The number of amidine groups is 1. The third kappa shape index (κ3) is 2.65. The lowest BCUT2D eigenvalue weighted by Gasteiger charge is -2.20. The molecule has 0 aliphatic heterocycles. The summed E-state index contributed by atoms with van der Waals surface area (Å²) in [4.78, 5) is 13.1. The normalized spacial score (nSPS) is 9.80. The molecule has 0 fully saturated rings. The van der Waals surface area contributed by atoms with Crippen LogP contribution in [0.15, 0.2) is 24.3 Å². The second-order valence-corrected chi connectivity index (χ2v) is 3.50. The highest BCUT2D eigenvalue weighted by atomic mass is 16.2. The van der Waals surface area contributed by atoms with Gasteiger partial charge in [-0.2, -0.15) is 0 Å². The summed E-state index contributed by atoms with van der Waals surface area (Å²) in [6.07, 6.45) is 0.407. The van der Waals surface area contributed by atoms with E-state index in [0.717, 1.165) is 11.3 Å². The number of benzene rings is 1. The molecule has 3 heteroatoms. The van der Waals surface area contributed by atoms with Gasteiger partial charge in [0.25, 0.3) is 0 Å². The average molecular weight is 204 g/mol. The van der Waals surface area contributed by atoms with Crippen molar-refractivity contribution in [3.63, 3.8) is 0 Å². The smallest absolute Gasteiger partial charge is 0.232 e. The van der Waals surface area contributed by atoms with Crippen molar-refractivity contribution in [1.82, 2.24) is 0 Å². The summed E-state index contributed by atoms with van der Waals surface area (Å²) >= 11 is 0. The van der Waals surface area contributed by atoms with Gasteiger partial charge >= 0.3 is 0 Å². The number of hydrogen-bond acceptors (Lipinski definition) is 2. The lowest BCUT2D eigenvalue weighted by Crippen LogP contribution is -2.34. The fraction of sp³-hybridized carbons (Fsp3) is 0.333. The van der Waals surface area contributed by atoms with Gasteiger partial charge in [0.15, 0.2) is 0 Å². The van der Waals surface area contributed by atoms with E-state index in [9.17, 15) is 4.79 Å². The van der Waals surface area contributed by atoms with Crippen LogP contribution in [0, 0.1) is 12.3 Å². The van der Waals surface area contributed by atoms with Gasteiger partial charge in [-0.05, 0) is 26.0 Å². The lowest BCUT2D eigenvalue weighted by molar-refractivity contribution is -0.117. The summed E-state index contributed by atoms with van der Waals surface area (Å²) in [6.45, 7) is 5.41. The van der Waals surface area contributed by atoms with Gasteiger partial charge in [0.05, 0.1) is 5.69 Å². The molecule has 1 aromatic carbocycles. The molecule has 0 saturated carbocycles. The van der Waals surface area contributed by atoms with E-state index in [1.54, 1.807) is 13.8 Å². The summed E-state index contributed by atoms with van der Waals surface area (Å²) in [7, 11) is 0. The highest BCUT2D eigenvalue weighted by Gasteiger charge is 2.15. The summed E-state index contributed by atoms with van der Waals surface area (Å²) < 4.78 is 0. The molecule has 0 aromatic heterocycles. The predicted molar refractivity (Wildman–Crippen MR) is 62.4 cm³/mol. The van der Waals surface area contributed by atoms with Gasteiger partial charge in [-0.1, -0.05) is 24.6 Å². The molecule has 3 nitrogen and oxygen atoms in total. The van der Waals surface area contributed by atoms with Gasteiger partial charge in [-0.3, -0.25) is 15.1 Å². The predicted octanol–water partition coefficient (Wildman–Crippen LogP) is 2.74. The maximum atomic E-state index is 11.6. The molecule has 0 atom stereocenters. The van der Waals surface area contributed by atoms with Crippen molar-refractivity contribution >= 4 is 17.4 Å². The molecular weight excluding hydrogens is 188 g/mol. The minimum atomic E-state index is -0.0497. The molecule has 1 N–H and O–H groups in total. The van der Waals surface area contributed by atoms with Crippen LogP contribution in [0.25, 0.3) is 0 Å². The Morgan fingerprint density at radius 3 is 2.27 bits per heavy atom. The maximum absolute atomic E-state index is 11.6. The Morgan fingerprint density at radius 2 is 1.87 bits per heavy atom. The van der Waals surface area contributed by atoms with E-state index in [1.165, 1.54) is 4.90 Å². The van der Waals surface area contributed by atoms with Crippen LogP contribution >= 0.6 is 0 Å². The van der Waals surface area contributed by atoms with Crippen molar-refractivity contribution in [2.24, 2.45) is 0 Å². The van der Waals surface area contributed by atoms with Crippen LogP contribution in [0.5, 0.6) is 0 Å². The third-order valence-corrected chi connectivity index (χ3v) is 2.18. The van der Waals surface area contributed by atoms with Crippen molar-refractivity contribution in [2.45, 2.75) is 27.2 Å². The molecular formula is C12H16N2O. The van der Waals surface area contributed by atoms with Gasteiger partial charge in [-0.15, -0.1) is 0 Å². The SMILES string of the molecule is CCC(=O)N(C(C)=N)c1ccc(C)cc1. The van der Waals surface area contributed by atoms with E-state index in [2.05, 4.69) is 0 Å². The first-order valence-electron chi connectivity index (χ1n) is 5.01. The van der Waals surface area contributed by atoms with Crippen LogP contribution in [0.1, 0.15) is 25.8 Å². The number of amides is 1. The molecule has 1 aromatic rings. The minimum Gasteiger partial charge on any atom is -0.288 e. The largest absolute Gasteiger partial charge is 0.288 e. The average Bonchev–Trinajstić information content (AvgIpc) is 2.20. The van der Waals surface area contributed by atoms with Gasteiger partial charge in [0.2, 0.25) is 5.91 Å². The van der Waals surface area contributed by atoms with E-state index in [4.69, 9.17) is 5.41 Å². The quantitative estimate of drug-likeness (QED) is 0.584. The molecule has 0 saturated heterocycles. The Hall–Kier alpha value is -1.64. The van der Waals surface area contributed by atoms with Crippen molar-refractivity contribution in [2.75, 3.05) is 4.90 Å². The summed E-state index contributed by atoms with van der Waals surface area (Å²) in [5.41, 5.74) is 1.91. The van der Waals surface area contributed by atoms with Gasteiger partial charge in [0.1, 0.15) is 5.84 Å². The van der Waals surface area contributed by atoms with E-state index in [-0.39, 0.29) is 11.7 Å². The first-order chi connectivity index (χ1) is 7.06. The maximum Gasteiger partial charge on any atom is 0.232 e. The van der Waals surface area contributed by atoms with Gasteiger partial charge < -0.3 is 0 Å². The first-order valence-corrected chi connectivity index (χ1v) is 5.01. The fourth-order valence-corrected chi connectivity index (χ4v) is 1.38. The molecule has 1 amide bonds. The van der Waals surface area contributed by atoms with Crippen LogP contribution in [0.3, 0.4) is 0 Å². The van der Waals surface area contributed by atoms with E-state index in [1.807, 2.05) is 31.2 Å². The van der Waals surface area contributed by atoms with E-state index >= 15 is 0 Å². The van der Waals surface area contributed by atoms with Crippen molar-refractivity contribution < 1.29 is 4.79 Å².